The molecule has 1 nitrogen and oxygen atoms in total. The highest BCUT2D eigenvalue weighted by molar-refractivity contribution is 7.98. The molecule has 2 rings (SSSR count). The highest BCUT2D eigenvalue weighted by Crippen LogP contribution is 2.27. The number of thioether (sulfide) groups is 1. The van der Waals surface area contributed by atoms with Crippen molar-refractivity contribution in [2.24, 2.45) is 0 Å². The number of hydrogen-bond acceptors (Lipinski definition) is 3. The molecule has 0 radical (unpaired) electrons. The van der Waals surface area contributed by atoms with Crippen LogP contribution >= 0.6 is 23.1 Å². The standard InChI is InChI=1S/C15H14OS2/c1-12-4-6-14(7-5-12)18-11-15-13(3-2-9-16)8-10-17-15/h4-8,10,16H,9,11H2,1H3. The second-order valence-corrected chi connectivity index (χ2v) is 5.87. The Morgan fingerprint density at radius 1 is 1.22 bits per heavy atom. The molecule has 0 unspecified atom stereocenters. The minimum atomic E-state index is -0.0829. The second kappa shape index (κ2) is 6.65. The van der Waals surface area contributed by atoms with Crippen LogP contribution in [0.15, 0.2) is 40.6 Å². The van der Waals surface area contributed by atoms with E-state index in [2.05, 4.69) is 43.0 Å². The van der Waals surface area contributed by atoms with Crippen molar-refractivity contribution < 1.29 is 5.11 Å². The third-order valence-corrected chi connectivity index (χ3v) is 4.58. The van der Waals surface area contributed by atoms with E-state index in [9.17, 15) is 0 Å². The summed E-state index contributed by atoms with van der Waals surface area (Å²) in [6, 6.07) is 10.6. The molecule has 0 bridgehead atoms. The number of aryl methyl sites for hydroxylation is 1. The molecule has 92 valence electrons. The zero-order chi connectivity index (χ0) is 12.8. The van der Waals surface area contributed by atoms with E-state index in [0.29, 0.717) is 0 Å². The van der Waals surface area contributed by atoms with Crippen molar-refractivity contribution >= 4 is 23.1 Å². The second-order valence-electron chi connectivity index (χ2n) is 3.82. The van der Waals surface area contributed by atoms with Crippen molar-refractivity contribution in [1.29, 1.82) is 0 Å². The largest absolute Gasteiger partial charge is 0.384 e. The van der Waals surface area contributed by atoms with Gasteiger partial charge in [0, 0.05) is 21.1 Å². The summed E-state index contributed by atoms with van der Waals surface area (Å²) in [5.74, 6) is 6.61. The molecule has 1 heterocycles. The summed E-state index contributed by atoms with van der Waals surface area (Å²) in [6.45, 7) is 2.01. The van der Waals surface area contributed by atoms with Crippen LogP contribution in [-0.4, -0.2) is 11.7 Å². The summed E-state index contributed by atoms with van der Waals surface area (Å²) >= 11 is 3.53. The minimum Gasteiger partial charge on any atom is -0.384 e. The predicted molar refractivity (Wildman–Crippen MR) is 79.0 cm³/mol. The van der Waals surface area contributed by atoms with Crippen molar-refractivity contribution in [3.8, 4) is 11.8 Å². The SMILES string of the molecule is Cc1ccc(SCc2sccc2C#CCO)cc1. The van der Waals surface area contributed by atoms with Gasteiger partial charge in [-0.3, -0.25) is 0 Å². The highest BCUT2D eigenvalue weighted by atomic mass is 32.2. The highest BCUT2D eigenvalue weighted by Gasteiger charge is 2.03. The summed E-state index contributed by atoms with van der Waals surface area (Å²) in [7, 11) is 0. The van der Waals surface area contributed by atoms with E-state index in [1.54, 1.807) is 11.3 Å². The number of aliphatic hydroxyl groups excluding tert-OH is 1. The fourth-order valence-corrected chi connectivity index (χ4v) is 3.33. The molecule has 3 heteroatoms. The monoisotopic (exact) mass is 274 g/mol. The zero-order valence-corrected chi connectivity index (χ0v) is 11.8. The molecule has 0 atom stereocenters. The van der Waals surface area contributed by atoms with Gasteiger partial charge in [0.2, 0.25) is 0 Å². The van der Waals surface area contributed by atoms with Gasteiger partial charge in [0.25, 0.3) is 0 Å². The minimum absolute atomic E-state index is 0.0829. The lowest BCUT2D eigenvalue weighted by Gasteiger charge is -2.01. The van der Waals surface area contributed by atoms with Crippen LogP contribution in [0, 0.1) is 18.8 Å². The van der Waals surface area contributed by atoms with Gasteiger partial charge in [-0.15, -0.1) is 23.1 Å². The van der Waals surface area contributed by atoms with Crippen LogP contribution in [-0.2, 0) is 5.75 Å². The molecule has 1 aromatic heterocycles. The van der Waals surface area contributed by atoms with E-state index in [0.717, 1.165) is 11.3 Å². The van der Waals surface area contributed by atoms with Gasteiger partial charge >= 0.3 is 0 Å². The molecule has 1 N–H and O–H groups in total. The molecule has 0 fully saturated rings. The maximum absolute atomic E-state index is 8.71. The lowest BCUT2D eigenvalue weighted by molar-refractivity contribution is 0.350. The third-order valence-electron chi connectivity index (χ3n) is 2.44. The molecule has 0 spiro atoms. The van der Waals surface area contributed by atoms with Crippen molar-refractivity contribution in [1.82, 2.24) is 0 Å². The van der Waals surface area contributed by atoms with Crippen molar-refractivity contribution in [3.05, 3.63) is 51.7 Å². The first-order chi connectivity index (χ1) is 8.79. The third kappa shape index (κ3) is 3.64. The van der Waals surface area contributed by atoms with Gasteiger partial charge in [0.05, 0.1) is 0 Å². The van der Waals surface area contributed by atoms with Gasteiger partial charge in [-0.2, -0.15) is 0 Å². The lowest BCUT2D eigenvalue weighted by Crippen LogP contribution is -1.81. The van der Waals surface area contributed by atoms with Crippen LogP contribution in [0.5, 0.6) is 0 Å². The Kier molecular flexibility index (Phi) is 4.89. The Balaban J connectivity index is 2.02. The summed E-state index contributed by atoms with van der Waals surface area (Å²) in [6.07, 6.45) is 0. The number of thiophene rings is 1. The van der Waals surface area contributed by atoms with Crippen molar-refractivity contribution in [2.45, 2.75) is 17.6 Å². The molecule has 0 aliphatic rings. The molecule has 0 aliphatic carbocycles. The Bertz CT molecular complexity index is 558. The average Bonchev–Trinajstić information content (AvgIpc) is 2.83. The first-order valence-corrected chi connectivity index (χ1v) is 7.51. The molecule has 18 heavy (non-hydrogen) atoms. The van der Waals surface area contributed by atoms with Crippen LogP contribution in [0.25, 0.3) is 0 Å². The number of rotatable bonds is 3. The van der Waals surface area contributed by atoms with Crippen molar-refractivity contribution in [2.75, 3.05) is 6.61 Å². The summed E-state index contributed by atoms with van der Waals surface area (Å²) < 4.78 is 0. The Morgan fingerprint density at radius 2 is 2.00 bits per heavy atom. The van der Waals surface area contributed by atoms with Crippen LogP contribution in [0.1, 0.15) is 16.0 Å². The van der Waals surface area contributed by atoms with Gasteiger partial charge in [0.1, 0.15) is 6.61 Å². The molecule has 0 saturated heterocycles. The van der Waals surface area contributed by atoms with Crippen LogP contribution < -0.4 is 0 Å². The van der Waals surface area contributed by atoms with Crippen LogP contribution in [0.2, 0.25) is 0 Å². The van der Waals surface area contributed by atoms with Crippen LogP contribution in [0.3, 0.4) is 0 Å². The van der Waals surface area contributed by atoms with Gasteiger partial charge in [-0.1, -0.05) is 29.5 Å². The topological polar surface area (TPSA) is 20.2 Å². The zero-order valence-electron chi connectivity index (χ0n) is 10.1. The van der Waals surface area contributed by atoms with Gasteiger partial charge < -0.3 is 5.11 Å². The fraction of sp³-hybridized carbons (Fsp3) is 0.200. The predicted octanol–water partition coefficient (Wildman–Crippen LogP) is 3.69. The smallest absolute Gasteiger partial charge is 0.104 e. The number of aliphatic hydroxyl groups is 1. The van der Waals surface area contributed by atoms with E-state index in [-0.39, 0.29) is 6.61 Å². The molecule has 1 aromatic carbocycles. The molecular formula is C15H14OS2. The van der Waals surface area contributed by atoms with Gasteiger partial charge in [-0.05, 0) is 30.5 Å². The van der Waals surface area contributed by atoms with Crippen molar-refractivity contribution in [3.63, 3.8) is 0 Å². The number of benzene rings is 1. The van der Waals surface area contributed by atoms with Crippen LogP contribution in [0.4, 0.5) is 0 Å². The summed E-state index contributed by atoms with van der Waals surface area (Å²) in [5, 5.41) is 10.8. The Hall–Kier alpha value is -1.21. The number of hydrogen-bond donors (Lipinski definition) is 1. The Labute approximate surface area is 116 Å². The van der Waals surface area contributed by atoms with E-state index in [1.807, 2.05) is 23.2 Å². The van der Waals surface area contributed by atoms with E-state index < -0.39 is 0 Å². The lowest BCUT2D eigenvalue weighted by atomic mass is 10.2. The normalized spacial score (nSPS) is 9.89. The summed E-state index contributed by atoms with van der Waals surface area (Å²) in [4.78, 5) is 2.54. The summed E-state index contributed by atoms with van der Waals surface area (Å²) in [5.41, 5.74) is 2.32. The maximum atomic E-state index is 8.71. The first-order valence-electron chi connectivity index (χ1n) is 5.65. The molecular weight excluding hydrogens is 260 g/mol. The quantitative estimate of drug-likeness (QED) is 0.680. The molecule has 0 aliphatic heterocycles. The molecule has 2 aromatic rings. The first kappa shape index (κ1) is 13.2. The fourth-order valence-electron chi connectivity index (χ4n) is 1.48. The van der Waals surface area contributed by atoms with E-state index >= 15 is 0 Å². The Morgan fingerprint density at radius 3 is 2.72 bits per heavy atom. The maximum Gasteiger partial charge on any atom is 0.104 e. The van der Waals surface area contributed by atoms with E-state index in [1.165, 1.54) is 15.3 Å². The van der Waals surface area contributed by atoms with Gasteiger partial charge in [-0.25, -0.2) is 0 Å². The van der Waals surface area contributed by atoms with Gasteiger partial charge in [0.15, 0.2) is 0 Å². The molecule has 0 saturated carbocycles. The van der Waals surface area contributed by atoms with E-state index in [4.69, 9.17) is 5.11 Å². The average molecular weight is 274 g/mol. The molecule has 0 amide bonds.